The van der Waals surface area contributed by atoms with Crippen molar-refractivity contribution in [3.05, 3.63) is 46.3 Å². The molecule has 2 heterocycles. The van der Waals surface area contributed by atoms with Crippen LogP contribution < -0.4 is 10.2 Å². The van der Waals surface area contributed by atoms with Gasteiger partial charge in [-0.3, -0.25) is 4.79 Å². The normalized spacial score (nSPS) is 15.4. The van der Waals surface area contributed by atoms with Gasteiger partial charge in [-0.1, -0.05) is 15.9 Å². The highest BCUT2D eigenvalue weighted by atomic mass is 79.9. The molecule has 24 heavy (non-hydrogen) atoms. The summed E-state index contributed by atoms with van der Waals surface area (Å²) in [5, 5.41) is 2.88. The molecule has 0 unspecified atom stereocenters. The number of carbonyl (C=O) groups excluding carboxylic acids is 1. The van der Waals surface area contributed by atoms with E-state index in [0.717, 1.165) is 47.7 Å². The van der Waals surface area contributed by atoms with Crippen LogP contribution in [-0.2, 0) is 0 Å². The number of nitrogens with zero attached hydrogens (tertiary/aromatic N) is 4. The molecule has 1 aromatic carbocycles. The van der Waals surface area contributed by atoms with Crippen LogP contribution in [0, 0.1) is 6.92 Å². The minimum absolute atomic E-state index is 0.252. The molecule has 126 valence electrons. The van der Waals surface area contributed by atoms with Crippen molar-refractivity contribution in [3.8, 4) is 0 Å². The van der Waals surface area contributed by atoms with Crippen LogP contribution in [0.5, 0.6) is 0 Å². The van der Waals surface area contributed by atoms with E-state index >= 15 is 0 Å². The number of piperazine rings is 1. The molecular weight excluding hydrogens is 370 g/mol. The highest BCUT2D eigenvalue weighted by Gasteiger charge is 2.16. The van der Waals surface area contributed by atoms with Crippen LogP contribution in [0.3, 0.4) is 0 Å². The summed E-state index contributed by atoms with van der Waals surface area (Å²) in [6.45, 7) is 5.81. The fourth-order valence-electron chi connectivity index (χ4n) is 2.59. The van der Waals surface area contributed by atoms with Crippen molar-refractivity contribution in [2.75, 3.05) is 43.4 Å². The molecule has 1 fully saturated rings. The lowest BCUT2D eigenvalue weighted by molar-refractivity contribution is 0.102. The van der Waals surface area contributed by atoms with Crippen molar-refractivity contribution >= 4 is 33.3 Å². The van der Waals surface area contributed by atoms with Crippen LogP contribution >= 0.6 is 15.9 Å². The van der Waals surface area contributed by atoms with E-state index < -0.39 is 0 Å². The van der Waals surface area contributed by atoms with Gasteiger partial charge in [0.15, 0.2) is 0 Å². The van der Waals surface area contributed by atoms with Crippen molar-refractivity contribution in [3.63, 3.8) is 0 Å². The quantitative estimate of drug-likeness (QED) is 0.873. The van der Waals surface area contributed by atoms with Crippen LogP contribution in [0.15, 0.2) is 35.1 Å². The van der Waals surface area contributed by atoms with E-state index in [-0.39, 0.29) is 5.91 Å². The summed E-state index contributed by atoms with van der Waals surface area (Å²) in [4.78, 5) is 25.5. The lowest BCUT2D eigenvalue weighted by Gasteiger charge is -2.32. The lowest BCUT2D eigenvalue weighted by Crippen LogP contribution is -2.44. The Hall–Kier alpha value is -1.99. The van der Waals surface area contributed by atoms with Crippen molar-refractivity contribution in [1.29, 1.82) is 0 Å². The van der Waals surface area contributed by atoms with Crippen LogP contribution in [0.1, 0.15) is 16.1 Å². The number of hydrogen-bond acceptors (Lipinski definition) is 5. The van der Waals surface area contributed by atoms with Gasteiger partial charge in [0.25, 0.3) is 5.91 Å². The Bertz CT molecular complexity index is 726. The molecule has 0 spiro atoms. The van der Waals surface area contributed by atoms with Crippen LogP contribution in [-0.4, -0.2) is 54.0 Å². The van der Waals surface area contributed by atoms with Crippen molar-refractivity contribution < 1.29 is 4.79 Å². The fourth-order valence-corrected chi connectivity index (χ4v) is 3.07. The predicted molar refractivity (Wildman–Crippen MR) is 98.6 cm³/mol. The van der Waals surface area contributed by atoms with Gasteiger partial charge in [-0.25, -0.2) is 9.97 Å². The summed E-state index contributed by atoms with van der Waals surface area (Å²) in [6.07, 6.45) is 3.21. The Kier molecular flexibility index (Phi) is 5.11. The molecule has 7 heteroatoms. The zero-order chi connectivity index (χ0) is 17.1. The standard InChI is InChI=1S/C17H20BrN5O/c1-12-9-13(18)3-4-14(12)21-17(24)15-10-20-16(11-19-15)23-7-5-22(2)6-8-23/h3-4,9-11H,5-8H2,1-2H3,(H,21,24). The summed E-state index contributed by atoms with van der Waals surface area (Å²) in [7, 11) is 2.11. The zero-order valence-corrected chi connectivity index (χ0v) is 15.4. The number of anilines is 2. The molecule has 1 aliphatic heterocycles. The number of aryl methyl sites for hydroxylation is 1. The highest BCUT2D eigenvalue weighted by molar-refractivity contribution is 9.10. The molecule has 0 bridgehead atoms. The molecule has 1 aromatic heterocycles. The zero-order valence-electron chi connectivity index (χ0n) is 13.8. The first-order chi connectivity index (χ1) is 11.5. The Morgan fingerprint density at radius 2 is 1.92 bits per heavy atom. The average molecular weight is 390 g/mol. The van der Waals surface area contributed by atoms with Gasteiger partial charge in [-0.05, 0) is 37.7 Å². The number of amides is 1. The van der Waals surface area contributed by atoms with E-state index in [9.17, 15) is 4.79 Å². The first kappa shape index (κ1) is 16.9. The van der Waals surface area contributed by atoms with Crippen LogP contribution in [0.4, 0.5) is 11.5 Å². The third-order valence-electron chi connectivity index (χ3n) is 4.13. The van der Waals surface area contributed by atoms with Gasteiger partial charge in [-0.2, -0.15) is 0 Å². The topological polar surface area (TPSA) is 61.4 Å². The number of halogens is 1. The molecule has 6 nitrogen and oxygen atoms in total. The van der Waals surface area contributed by atoms with E-state index in [1.54, 1.807) is 6.20 Å². The van der Waals surface area contributed by atoms with Crippen molar-refractivity contribution in [1.82, 2.24) is 14.9 Å². The number of likely N-dealkylation sites (N-methyl/N-ethyl adjacent to an activating group) is 1. The fraction of sp³-hybridized carbons (Fsp3) is 0.353. The second kappa shape index (κ2) is 7.27. The minimum atomic E-state index is -0.252. The largest absolute Gasteiger partial charge is 0.353 e. The van der Waals surface area contributed by atoms with Gasteiger partial charge in [0, 0.05) is 36.3 Å². The highest BCUT2D eigenvalue weighted by Crippen LogP contribution is 2.20. The smallest absolute Gasteiger partial charge is 0.275 e. The summed E-state index contributed by atoms with van der Waals surface area (Å²) < 4.78 is 0.981. The molecule has 1 amide bonds. The Morgan fingerprint density at radius 1 is 1.17 bits per heavy atom. The second-order valence-electron chi connectivity index (χ2n) is 5.96. The van der Waals surface area contributed by atoms with Crippen LogP contribution in [0.25, 0.3) is 0 Å². The number of nitrogens with one attached hydrogen (secondary N) is 1. The number of aromatic nitrogens is 2. The molecular formula is C17H20BrN5O. The molecule has 0 atom stereocenters. The second-order valence-corrected chi connectivity index (χ2v) is 6.88. The number of carbonyl (C=O) groups is 1. The Balaban J connectivity index is 1.67. The first-order valence-electron chi connectivity index (χ1n) is 7.86. The summed E-state index contributed by atoms with van der Waals surface area (Å²) in [5.74, 6) is 0.567. The first-order valence-corrected chi connectivity index (χ1v) is 8.65. The maximum atomic E-state index is 12.3. The third-order valence-corrected chi connectivity index (χ3v) is 4.63. The third kappa shape index (κ3) is 3.91. The van der Waals surface area contributed by atoms with E-state index in [0.29, 0.717) is 5.69 Å². The number of hydrogen-bond donors (Lipinski definition) is 1. The molecule has 0 aliphatic carbocycles. The van der Waals surface area contributed by atoms with Gasteiger partial charge in [0.05, 0.1) is 12.4 Å². The van der Waals surface area contributed by atoms with E-state index in [4.69, 9.17) is 0 Å². The number of benzene rings is 1. The summed E-state index contributed by atoms with van der Waals surface area (Å²) >= 11 is 3.41. The molecule has 0 saturated carbocycles. The minimum Gasteiger partial charge on any atom is -0.353 e. The van der Waals surface area contributed by atoms with Gasteiger partial charge in [-0.15, -0.1) is 0 Å². The van der Waals surface area contributed by atoms with Gasteiger partial charge >= 0.3 is 0 Å². The van der Waals surface area contributed by atoms with Gasteiger partial charge < -0.3 is 15.1 Å². The van der Waals surface area contributed by atoms with E-state index in [1.165, 1.54) is 6.20 Å². The molecule has 1 saturated heterocycles. The predicted octanol–water partition coefficient (Wildman–Crippen LogP) is 2.55. The molecule has 1 N–H and O–H groups in total. The van der Waals surface area contributed by atoms with Gasteiger partial charge in [0.1, 0.15) is 11.5 Å². The van der Waals surface area contributed by atoms with E-state index in [1.807, 2.05) is 25.1 Å². The SMILES string of the molecule is Cc1cc(Br)ccc1NC(=O)c1cnc(N2CCN(C)CC2)cn1. The molecule has 1 aliphatic rings. The van der Waals surface area contributed by atoms with E-state index in [2.05, 4.69) is 48.1 Å². The lowest BCUT2D eigenvalue weighted by atomic mass is 10.2. The maximum absolute atomic E-state index is 12.3. The maximum Gasteiger partial charge on any atom is 0.275 e. The molecule has 3 rings (SSSR count). The van der Waals surface area contributed by atoms with Gasteiger partial charge in [0.2, 0.25) is 0 Å². The van der Waals surface area contributed by atoms with Crippen molar-refractivity contribution in [2.45, 2.75) is 6.92 Å². The number of rotatable bonds is 3. The Morgan fingerprint density at radius 3 is 2.54 bits per heavy atom. The molecule has 0 radical (unpaired) electrons. The summed E-state index contributed by atoms with van der Waals surface area (Å²) in [6, 6.07) is 5.71. The summed E-state index contributed by atoms with van der Waals surface area (Å²) in [5.41, 5.74) is 2.07. The van der Waals surface area contributed by atoms with Crippen LogP contribution in [0.2, 0.25) is 0 Å². The molecule has 2 aromatic rings. The van der Waals surface area contributed by atoms with Crippen molar-refractivity contribution in [2.24, 2.45) is 0 Å². The Labute approximate surface area is 150 Å². The average Bonchev–Trinajstić information content (AvgIpc) is 2.58. The monoisotopic (exact) mass is 389 g/mol.